The predicted octanol–water partition coefficient (Wildman–Crippen LogP) is 5.68. The summed E-state index contributed by atoms with van der Waals surface area (Å²) in [6, 6.07) is 28.8. The van der Waals surface area contributed by atoms with Crippen LogP contribution in [0.4, 0.5) is 11.4 Å². The topological polar surface area (TPSA) is 164 Å². The number of hydrogen-bond donors (Lipinski definition) is 4. The third kappa shape index (κ3) is 9.71. The summed E-state index contributed by atoms with van der Waals surface area (Å²) in [6.07, 6.45) is 8.56. The molecule has 2 heterocycles. The van der Waals surface area contributed by atoms with Crippen LogP contribution in [0.25, 0.3) is 12.2 Å². The molecular formula is C43H49BN2O9S2+2. The molecule has 0 saturated heterocycles. The van der Waals surface area contributed by atoms with Gasteiger partial charge < -0.3 is 14.8 Å². The van der Waals surface area contributed by atoms with Crippen molar-refractivity contribution < 1.29 is 49.9 Å². The van der Waals surface area contributed by atoms with Crippen LogP contribution < -0.4 is 10.2 Å². The number of nitrogens with zero attached hydrogens (tertiary/aromatic N) is 2. The molecule has 0 aromatic heterocycles. The first kappa shape index (κ1) is 41.9. The van der Waals surface area contributed by atoms with E-state index >= 15 is 0 Å². The zero-order valence-electron chi connectivity index (χ0n) is 32.5. The van der Waals surface area contributed by atoms with Gasteiger partial charge in [-0.05, 0) is 68.6 Å². The molecule has 0 aliphatic carbocycles. The van der Waals surface area contributed by atoms with Gasteiger partial charge in [0.15, 0.2) is 11.4 Å². The Bertz CT molecular complexity index is 2510. The zero-order chi connectivity index (χ0) is 41.2. The summed E-state index contributed by atoms with van der Waals surface area (Å²) in [5.41, 5.74) is 8.15. The van der Waals surface area contributed by atoms with E-state index in [9.17, 15) is 36.0 Å². The molecule has 0 fully saturated rings. The minimum absolute atomic E-state index is 0.218. The lowest BCUT2D eigenvalue weighted by atomic mass is 9.80. The largest absolute Gasteiger partial charge is 0.488 e. The van der Waals surface area contributed by atoms with Crippen molar-refractivity contribution in [2.45, 2.75) is 58.0 Å². The Labute approximate surface area is 335 Å². The van der Waals surface area contributed by atoms with Gasteiger partial charge in [-0.2, -0.15) is 26.0 Å². The molecule has 57 heavy (non-hydrogen) atoms. The molecule has 4 N–H and O–H groups in total. The van der Waals surface area contributed by atoms with Crippen LogP contribution in [-0.2, 0) is 37.7 Å². The van der Waals surface area contributed by atoms with Gasteiger partial charge >= 0.3 is 7.12 Å². The first-order valence-electron chi connectivity index (χ1n) is 18.8. The highest BCUT2D eigenvalue weighted by atomic mass is 32.2. The summed E-state index contributed by atoms with van der Waals surface area (Å²) in [7, 11) is -9.81. The highest BCUT2D eigenvalue weighted by Gasteiger charge is 2.45. The third-order valence-electron chi connectivity index (χ3n) is 10.7. The van der Waals surface area contributed by atoms with Crippen molar-refractivity contribution in [1.29, 1.82) is 0 Å². The van der Waals surface area contributed by atoms with Crippen molar-refractivity contribution in [1.82, 2.24) is 0 Å². The second-order valence-electron chi connectivity index (χ2n) is 15.5. The SMILES string of the molecule is CC1(C)C(/C=C/c2ccc(OCc3ccc(B(O)O)cc3)c(/C=C/C3=[N+](CCCS(=O)(=O)O)c4ccccc4C3(C)C)c2)=[N+](CCCS(=O)(=O)O)c2ccccc21. The highest BCUT2D eigenvalue weighted by Crippen LogP contribution is 2.41. The van der Waals surface area contributed by atoms with Crippen molar-refractivity contribution in [3.8, 4) is 5.75 Å². The van der Waals surface area contributed by atoms with Gasteiger partial charge in [0.1, 0.15) is 25.4 Å². The molecule has 0 unspecified atom stereocenters. The average molecular weight is 813 g/mol. The van der Waals surface area contributed by atoms with E-state index in [-0.39, 0.29) is 31.0 Å². The number of allylic oxidation sites excluding steroid dienone is 2. The van der Waals surface area contributed by atoms with E-state index < -0.39 is 38.2 Å². The number of benzene rings is 4. The number of ether oxygens (including phenoxy) is 1. The maximum absolute atomic E-state index is 11.6. The summed E-state index contributed by atoms with van der Waals surface area (Å²) in [5.74, 6) is -0.0891. The first-order chi connectivity index (χ1) is 26.8. The lowest BCUT2D eigenvalue weighted by Crippen LogP contribution is -2.29. The molecule has 0 saturated carbocycles. The fraction of sp³-hybridized carbons (Fsp3) is 0.302. The van der Waals surface area contributed by atoms with Crippen molar-refractivity contribution in [3.63, 3.8) is 0 Å². The van der Waals surface area contributed by atoms with Crippen LogP contribution in [0.5, 0.6) is 5.75 Å². The minimum atomic E-state index is -4.13. The quantitative estimate of drug-likeness (QED) is 0.0634. The Hall–Kier alpha value is -4.70. The van der Waals surface area contributed by atoms with Crippen molar-refractivity contribution >= 4 is 67.8 Å². The Morgan fingerprint density at radius 1 is 0.649 bits per heavy atom. The Morgan fingerprint density at radius 3 is 1.63 bits per heavy atom. The van der Waals surface area contributed by atoms with Crippen LogP contribution in [0.3, 0.4) is 0 Å². The van der Waals surface area contributed by atoms with E-state index in [2.05, 4.69) is 55.1 Å². The summed E-state index contributed by atoms with van der Waals surface area (Å²) in [6.45, 7) is 9.51. The monoisotopic (exact) mass is 812 g/mol. The van der Waals surface area contributed by atoms with Crippen molar-refractivity contribution in [2.24, 2.45) is 0 Å². The fourth-order valence-corrected chi connectivity index (χ4v) is 8.78. The molecule has 0 spiro atoms. The Balaban J connectivity index is 1.39. The van der Waals surface area contributed by atoms with Crippen LogP contribution in [0.2, 0.25) is 0 Å². The predicted molar refractivity (Wildman–Crippen MR) is 226 cm³/mol. The van der Waals surface area contributed by atoms with Gasteiger partial charge in [-0.15, -0.1) is 0 Å². The van der Waals surface area contributed by atoms with Gasteiger partial charge in [0.2, 0.25) is 11.4 Å². The maximum atomic E-state index is 11.6. The first-order valence-corrected chi connectivity index (χ1v) is 22.0. The van der Waals surface area contributed by atoms with Gasteiger partial charge in [-0.25, -0.2) is 0 Å². The smallest absolute Gasteiger partial charge is 0.488 e. The molecule has 6 rings (SSSR count). The van der Waals surface area contributed by atoms with Crippen LogP contribution in [-0.4, -0.2) is 88.3 Å². The summed E-state index contributed by atoms with van der Waals surface area (Å²) in [5, 5.41) is 19.1. The molecule has 0 bridgehead atoms. The van der Waals surface area contributed by atoms with Gasteiger partial charge in [0, 0.05) is 53.8 Å². The van der Waals surface area contributed by atoms with Crippen molar-refractivity contribution in [3.05, 3.63) is 131 Å². The van der Waals surface area contributed by atoms with E-state index in [1.807, 2.05) is 72.8 Å². The Kier molecular flexibility index (Phi) is 12.2. The lowest BCUT2D eigenvalue weighted by molar-refractivity contribution is -0.437. The normalized spacial score (nSPS) is 16.1. The van der Waals surface area contributed by atoms with Gasteiger partial charge in [0.25, 0.3) is 20.2 Å². The molecule has 0 amide bonds. The molecule has 4 aromatic carbocycles. The second kappa shape index (κ2) is 16.6. The number of hydrogen-bond acceptors (Lipinski definition) is 7. The molecule has 298 valence electrons. The molecule has 2 aliphatic heterocycles. The molecule has 2 aliphatic rings. The fourth-order valence-electron chi connectivity index (χ4n) is 7.80. The molecule has 0 radical (unpaired) electrons. The average Bonchev–Trinajstić information content (AvgIpc) is 3.49. The number of fused-ring (bicyclic) bond motifs is 2. The summed E-state index contributed by atoms with van der Waals surface area (Å²) >= 11 is 0. The van der Waals surface area contributed by atoms with E-state index in [1.165, 1.54) is 0 Å². The lowest BCUT2D eigenvalue weighted by Gasteiger charge is -2.16. The minimum Gasteiger partial charge on any atom is -0.488 e. The Morgan fingerprint density at radius 2 is 1.14 bits per heavy atom. The molecular weight excluding hydrogens is 763 g/mol. The molecule has 4 aromatic rings. The second-order valence-corrected chi connectivity index (χ2v) is 18.6. The van der Waals surface area contributed by atoms with Crippen molar-refractivity contribution in [2.75, 3.05) is 24.6 Å². The van der Waals surface area contributed by atoms with Crippen LogP contribution >= 0.6 is 0 Å². The van der Waals surface area contributed by atoms with E-state index in [0.29, 0.717) is 24.3 Å². The summed E-state index contributed by atoms with van der Waals surface area (Å²) < 4.78 is 75.9. The van der Waals surface area contributed by atoms with Crippen LogP contribution in [0, 0.1) is 0 Å². The third-order valence-corrected chi connectivity index (χ3v) is 12.3. The molecule has 11 nitrogen and oxygen atoms in total. The number of rotatable bonds is 16. The van der Waals surface area contributed by atoms with Gasteiger partial charge in [0.05, 0.1) is 22.3 Å². The number of para-hydroxylation sites is 2. The highest BCUT2D eigenvalue weighted by molar-refractivity contribution is 7.86. The van der Waals surface area contributed by atoms with Crippen LogP contribution in [0.1, 0.15) is 68.4 Å². The summed E-state index contributed by atoms with van der Waals surface area (Å²) in [4.78, 5) is 0. The van der Waals surface area contributed by atoms with E-state index in [4.69, 9.17) is 4.74 Å². The van der Waals surface area contributed by atoms with Crippen LogP contribution in [0.15, 0.2) is 103 Å². The standard InChI is InChI=1S/C43H47BN2O9S2/c1-42(2)35-11-5-7-13-37(35)45(25-9-27-56(49,50)51)40(42)23-18-31-17-22-39(55-30-32-15-20-34(21-16-32)44(47)48)33(29-31)19-24-41-43(3,4)36-12-6-8-14-38(36)46(41)26-10-28-57(52,53)54/h5-8,11-24,29,47-48H,9-10,25-28,30H2,1-4H3/p+2/b23-18+,24-19+. The van der Waals surface area contributed by atoms with E-state index in [1.54, 1.807) is 24.3 Å². The molecule has 14 heteroatoms. The maximum Gasteiger partial charge on any atom is 0.488 e. The zero-order valence-corrected chi connectivity index (χ0v) is 34.2. The van der Waals surface area contributed by atoms with Gasteiger partial charge in [-0.1, -0.05) is 66.7 Å². The van der Waals surface area contributed by atoms with E-state index in [0.717, 1.165) is 50.6 Å². The molecule has 0 atom stereocenters. The van der Waals surface area contributed by atoms with Gasteiger partial charge in [-0.3, -0.25) is 9.11 Å².